The SMILES string of the molecule is CC(C)CCNS(=O)(=O)c1ccc(Br)c(F)c1. The van der Waals surface area contributed by atoms with Gasteiger partial charge in [-0.2, -0.15) is 0 Å². The summed E-state index contributed by atoms with van der Waals surface area (Å²) in [5, 5.41) is 0. The van der Waals surface area contributed by atoms with Crippen LogP contribution in [-0.4, -0.2) is 15.0 Å². The molecule has 1 rings (SSSR count). The van der Waals surface area contributed by atoms with Gasteiger partial charge in [0.2, 0.25) is 10.0 Å². The average Bonchev–Trinajstić information content (AvgIpc) is 2.21. The number of rotatable bonds is 5. The number of benzene rings is 1. The van der Waals surface area contributed by atoms with Crippen LogP contribution in [0, 0.1) is 11.7 Å². The third-order valence-corrected chi connectivity index (χ3v) is 4.32. The van der Waals surface area contributed by atoms with E-state index in [1.54, 1.807) is 0 Å². The van der Waals surface area contributed by atoms with Crippen LogP contribution in [0.5, 0.6) is 0 Å². The summed E-state index contributed by atoms with van der Waals surface area (Å²) in [5.74, 6) is -0.170. The lowest BCUT2D eigenvalue weighted by Crippen LogP contribution is -2.25. The van der Waals surface area contributed by atoms with Gasteiger partial charge in [0.1, 0.15) is 5.82 Å². The molecule has 0 aromatic heterocycles. The van der Waals surface area contributed by atoms with E-state index in [4.69, 9.17) is 0 Å². The van der Waals surface area contributed by atoms with Crippen molar-refractivity contribution in [3.05, 3.63) is 28.5 Å². The Kier molecular flexibility index (Phi) is 5.09. The van der Waals surface area contributed by atoms with Crippen LogP contribution in [0.4, 0.5) is 4.39 Å². The van der Waals surface area contributed by atoms with Gasteiger partial charge < -0.3 is 0 Å². The fraction of sp³-hybridized carbons (Fsp3) is 0.455. The first-order valence-electron chi connectivity index (χ1n) is 5.27. The van der Waals surface area contributed by atoms with Crippen LogP contribution in [0.15, 0.2) is 27.6 Å². The van der Waals surface area contributed by atoms with Gasteiger partial charge in [-0.15, -0.1) is 0 Å². The van der Waals surface area contributed by atoms with Crippen LogP contribution in [0.25, 0.3) is 0 Å². The molecule has 0 saturated heterocycles. The first kappa shape index (κ1) is 14.6. The maximum atomic E-state index is 13.2. The first-order chi connectivity index (χ1) is 7.83. The van der Waals surface area contributed by atoms with E-state index in [1.165, 1.54) is 12.1 Å². The molecule has 6 heteroatoms. The van der Waals surface area contributed by atoms with Gasteiger partial charge in [0.15, 0.2) is 0 Å². The number of hydrogen-bond donors (Lipinski definition) is 1. The number of halogens is 2. The molecule has 1 N–H and O–H groups in total. The molecule has 1 aromatic rings. The second-order valence-corrected chi connectivity index (χ2v) is 6.78. The molecular formula is C11H15BrFNO2S. The van der Waals surface area contributed by atoms with Crippen LogP contribution in [0.1, 0.15) is 20.3 Å². The minimum Gasteiger partial charge on any atom is -0.211 e. The topological polar surface area (TPSA) is 46.2 Å². The van der Waals surface area contributed by atoms with Gasteiger partial charge in [-0.05, 0) is 46.5 Å². The normalized spacial score (nSPS) is 12.1. The van der Waals surface area contributed by atoms with Gasteiger partial charge in [0, 0.05) is 6.54 Å². The molecule has 96 valence electrons. The van der Waals surface area contributed by atoms with Crippen molar-refractivity contribution >= 4 is 26.0 Å². The monoisotopic (exact) mass is 323 g/mol. The highest BCUT2D eigenvalue weighted by atomic mass is 79.9. The Morgan fingerprint density at radius 3 is 2.59 bits per heavy atom. The van der Waals surface area contributed by atoms with E-state index >= 15 is 0 Å². The molecule has 0 spiro atoms. The molecule has 0 aliphatic rings. The van der Waals surface area contributed by atoms with Crippen molar-refractivity contribution in [2.75, 3.05) is 6.54 Å². The lowest BCUT2D eigenvalue weighted by molar-refractivity contribution is 0.550. The van der Waals surface area contributed by atoms with Crippen molar-refractivity contribution in [3.63, 3.8) is 0 Å². The zero-order valence-electron chi connectivity index (χ0n) is 9.70. The molecule has 0 fully saturated rings. The molecule has 0 unspecified atom stereocenters. The quantitative estimate of drug-likeness (QED) is 0.905. The van der Waals surface area contributed by atoms with E-state index < -0.39 is 15.8 Å². The minimum atomic E-state index is -3.61. The Morgan fingerprint density at radius 1 is 1.41 bits per heavy atom. The zero-order chi connectivity index (χ0) is 13.1. The molecule has 0 amide bonds. The second-order valence-electron chi connectivity index (χ2n) is 4.16. The molecule has 0 radical (unpaired) electrons. The van der Waals surface area contributed by atoms with E-state index in [9.17, 15) is 12.8 Å². The van der Waals surface area contributed by atoms with Crippen LogP contribution in [0.2, 0.25) is 0 Å². The van der Waals surface area contributed by atoms with E-state index in [0.29, 0.717) is 12.5 Å². The summed E-state index contributed by atoms with van der Waals surface area (Å²) >= 11 is 2.98. The average molecular weight is 324 g/mol. The Balaban J connectivity index is 2.79. The Morgan fingerprint density at radius 2 is 2.06 bits per heavy atom. The fourth-order valence-electron chi connectivity index (χ4n) is 1.21. The van der Waals surface area contributed by atoms with E-state index in [1.807, 2.05) is 13.8 Å². The summed E-state index contributed by atoms with van der Waals surface area (Å²) in [6.45, 7) is 4.37. The van der Waals surface area contributed by atoms with Gasteiger partial charge >= 0.3 is 0 Å². The number of nitrogens with one attached hydrogen (secondary N) is 1. The minimum absolute atomic E-state index is 0.0537. The summed E-state index contributed by atoms with van der Waals surface area (Å²) in [7, 11) is -3.61. The van der Waals surface area contributed by atoms with Gasteiger partial charge in [0.05, 0.1) is 9.37 Å². The predicted molar refractivity (Wildman–Crippen MR) is 68.7 cm³/mol. The number of sulfonamides is 1. The summed E-state index contributed by atoms with van der Waals surface area (Å²) in [5.41, 5.74) is 0. The lowest BCUT2D eigenvalue weighted by atomic mass is 10.1. The largest absolute Gasteiger partial charge is 0.240 e. The molecule has 0 aliphatic heterocycles. The van der Waals surface area contributed by atoms with E-state index in [0.717, 1.165) is 12.5 Å². The van der Waals surface area contributed by atoms with E-state index in [-0.39, 0.29) is 9.37 Å². The van der Waals surface area contributed by atoms with E-state index in [2.05, 4.69) is 20.7 Å². The van der Waals surface area contributed by atoms with Gasteiger partial charge in [-0.3, -0.25) is 0 Å². The predicted octanol–water partition coefficient (Wildman–Crippen LogP) is 2.91. The summed E-state index contributed by atoms with van der Waals surface area (Å²) in [4.78, 5) is -0.0537. The lowest BCUT2D eigenvalue weighted by Gasteiger charge is -2.08. The van der Waals surface area contributed by atoms with Crippen molar-refractivity contribution in [1.82, 2.24) is 4.72 Å². The first-order valence-corrected chi connectivity index (χ1v) is 7.55. The van der Waals surface area contributed by atoms with Crippen molar-refractivity contribution in [2.24, 2.45) is 5.92 Å². The van der Waals surface area contributed by atoms with Crippen molar-refractivity contribution < 1.29 is 12.8 Å². The smallest absolute Gasteiger partial charge is 0.211 e. The summed E-state index contributed by atoms with van der Waals surface area (Å²) < 4.78 is 39.5. The Bertz CT molecular complexity index is 488. The maximum absolute atomic E-state index is 13.2. The molecule has 0 aliphatic carbocycles. The highest BCUT2D eigenvalue weighted by Gasteiger charge is 2.15. The Hall–Kier alpha value is -0.460. The van der Waals surface area contributed by atoms with Crippen LogP contribution in [-0.2, 0) is 10.0 Å². The van der Waals surface area contributed by atoms with Gasteiger partial charge in [-0.25, -0.2) is 17.5 Å². The third kappa shape index (κ3) is 4.37. The summed E-state index contributed by atoms with van der Waals surface area (Å²) in [6.07, 6.45) is 0.748. The molecular weight excluding hydrogens is 309 g/mol. The van der Waals surface area contributed by atoms with Gasteiger partial charge in [0.25, 0.3) is 0 Å². The maximum Gasteiger partial charge on any atom is 0.240 e. The highest BCUT2D eigenvalue weighted by Crippen LogP contribution is 2.19. The van der Waals surface area contributed by atoms with Crippen LogP contribution < -0.4 is 4.72 Å². The Labute approximate surface area is 110 Å². The molecule has 3 nitrogen and oxygen atoms in total. The molecule has 0 atom stereocenters. The van der Waals surface area contributed by atoms with Crippen molar-refractivity contribution in [1.29, 1.82) is 0 Å². The standard InChI is InChI=1S/C11H15BrFNO2S/c1-8(2)5-6-14-17(15,16)9-3-4-10(12)11(13)7-9/h3-4,7-8,14H,5-6H2,1-2H3. The molecule has 0 heterocycles. The third-order valence-electron chi connectivity index (χ3n) is 2.22. The molecule has 0 saturated carbocycles. The van der Waals surface area contributed by atoms with Crippen molar-refractivity contribution in [3.8, 4) is 0 Å². The molecule has 1 aromatic carbocycles. The molecule has 17 heavy (non-hydrogen) atoms. The fourth-order valence-corrected chi connectivity index (χ4v) is 2.51. The van der Waals surface area contributed by atoms with Crippen LogP contribution >= 0.6 is 15.9 Å². The number of hydrogen-bond acceptors (Lipinski definition) is 2. The molecule has 0 bridgehead atoms. The second kappa shape index (κ2) is 5.93. The zero-order valence-corrected chi connectivity index (χ0v) is 12.1. The highest BCUT2D eigenvalue weighted by molar-refractivity contribution is 9.10. The summed E-state index contributed by atoms with van der Waals surface area (Å²) in [6, 6.07) is 3.75. The van der Waals surface area contributed by atoms with Crippen LogP contribution in [0.3, 0.4) is 0 Å². The van der Waals surface area contributed by atoms with Crippen molar-refractivity contribution in [2.45, 2.75) is 25.2 Å². The van der Waals surface area contributed by atoms with Gasteiger partial charge in [-0.1, -0.05) is 13.8 Å².